The van der Waals surface area contributed by atoms with Gasteiger partial charge in [-0.05, 0) is 42.3 Å². The molecule has 0 spiro atoms. The van der Waals surface area contributed by atoms with Crippen LogP contribution in [0, 0.1) is 6.92 Å². The molecule has 0 aliphatic carbocycles. The highest BCUT2D eigenvalue weighted by Crippen LogP contribution is 2.30. The fourth-order valence-corrected chi connectivity index (χ4v) is 5.61. The number of nitrogens with zero attached hydrogens (tertiary/aromatic N) is 3. The van der Waals surface area contributed by atoms with Crippen molar-refractivity contribution in [3.63, 3.8) is 0 Å². The van der Waals surface area contributed by atoms with Crippen LogP contribution in [0.3, 0.4) is 0 Å². The second-order valence-electron chi connectivity index (χ2n) is 7.29. The Morgan fingerprint density at radius 3 is 2.55 bits per heavy atom. The van der Waals surface area contributed by atoms with Crippen molar-refractivity contribution < 1.29 is 13.2 Å². The first-order valence-corrected chi connectivity index (χ1v) is 12.4. The average molecular weight is 452 g/mol. The summed E-state index contributed by atoms with van der Waals surface area (Å²) < 4.78 is 26.4. The maximum Gasteiger partial charge on any atom is 0.244 e. The van der Waals surface area contributed by atoms with Crippen LogP contribution >= 0.6 is 11.3 Å². The molecule has 0 radical (unpaired) electrons. The number of thiazole rings is 1. The molecule has 31 heavy (non-hydrogen) atoms. The lowest BCUT2D eigenvalue weighted by molar-refractivity contribution is -0.116. The number of anilines is 1. The summed E-state index contributed by atoms with van der Waals surface area (Å²) in [5.41, 5.74) is 3.18. The molecule has 0 fully saturated rings. The lowest BCUT2D eigenvalue weighted by Gasteiger charge is -2.19. The normalized spacial score (nSPS) is 11.5. The molecule has 0 aliphatic rings. The minimum atomic E-state index is -3.65. The summed E-state index contributed by atoms with van der Waals surface area (Å²) in [5, 5.41) is 0.464. The molecule has 0 bridgehead atoms. The Morgan fingerprint density at radius 1 is 1.03 bits per heavy atom. The van der Waals surface area contributed by atoms with Crippen LogP contribution in [0.4, 0.5) is 5.13 Å². The largest absolute Gasteiger partial charge is 0.281 e. The fourth-order valence-electron chi connectivity index (χ4n) is 3.20. The molecule has 0 saturated heterocycles. The average Bonchev–Trinajstić information content (AvgIpc) is 3.15. The van der Waals surface area contributed by atoms with Crippen molar-refractivity contribution >= 4 is 42.4 Å². The van der Waals surface area contributed by atoms with E-state index in [9.17, 15) is 13.2 Å². The van der Waals surface area contributed by atoms with Gasteiger partial charge in [-0.1, -0.05) is 53.8 Å². The molecule has 1 amide bonds. The van der Waals surface area contributed by atoms with Crippen LogP contribution in [0.25, 0.3) is 10.2 Å². The van der Waals surface area contributed by atoms with Crippen LogP contribution in [0.1, 0.15) is 16.8 Å². The zero-order valence-corrected chi connectivity index (χ0v) is 18.6. The molecule has 4 rings (SSSR count). The van der Waals surface area contributed by atoms with E-state index in [0.717, 1.165) is 15.8 Å². The van der Waals surface area contributed by atoms with E-state index >= 15 is 0 Å². The van der Waals surface area contributed by atoms with E-state index in [0.29, 0.717) is 16.4 Å². The van der Waals surface area contributed by atoms with Gasteiger partial charge >= 0.3 is 0 Å². The lowest BCUT2D eigenvalue weighted by Crippen LogP contribution is -2.36. The van der Waals surface area contributed by atoms with Gasteiger partial charge in [-0.15, -0.1) is 0 Å². The van der Waals surface area contributed by atoms with Gasteiger partial charge < -0.3 is 0 Å². The molecule has 158 valence electrons. The molecular formula is C23H21N3O3S2. The van der Waals surface area contributed by atoms with Gasteiger partial charge in [0, 0.05) is 6.20 Å². The second-order valence-corrected chi connectivity index (χ2v) is 10.4. The van der Waals surface area contributed by atoms with E-state index in [4.69, 9.17) is 0 Å². The predicted octanol–water partition coefficient (Wildman–Crippen LogP) is 4.15. The van der Waals surface area contributed by atoms with Crippen LogP contribution < -0.4 is 4.90 Å². The van der Waals surface area contributed by atoms with E-state index in [1.54, 1.807) is 42.6 Å². The molecule has 2 heterocycles. The van der Waals surface area contributed by atoms with E-state index in [-0.39, 0.29) is 12.3 Å². The molecule has 8 heteroatoms. The molecule has 0 aliphatic heterocycles. The number of aromatic nitrogens is 2. The summed E-state index contributed by atoms with van der Waals surface area (Å²) in [6.45, 7) is 2.14. The molecular weight excluding hydrogens is 430 g/mol. The van der Waals surface area contributed by atoms with Crippen LogP contribution in [0.15, 0.2) is 72.9 Å². The first-order valence-electron chi connectivity index (χ1n) is 9.71. The van der Waals surface area contributed by atoms with Crippen LogP contribution in [0.5, 0.6) is 0 Å². The van der Waals surface area contributed by atoms with Gasteiger partial charge in [-0.25, -0.2) is 13.4 Å². The Bertz CT molecular complexity index is 1300. The summed E-state index contributed by atoms with van der Waals surface area (Å²) in [4.78, 5) is 23.5. The Hall–Kier alpha value is -3.10. The molecule has 0 unspecified atom stereocenters. The van der Waals surface area contributed by atoms with E-state index in [1.807, 2.05) is 37.3 Å². The standard InChI is InChI=1S/C23H21N3O3S2/c1-17-10-11-20-21(13-17)30-23(25-20)26(14-19-9-5-6-12-24-19)22(27)16-31(28,29)15-18-7-3-2-4-8-18/h2-13H,14-16H2,1H3. The highest BCUT2D eigenvalue weighted by atomic mass is 32.2. The summed E-state index contributed by atoms with van der Waals surface area (Å²) in [6.07, 6.45) is 1.64. The van der Waals surface area contributed by atoms with E-state index in [2.05, 4.69) is 9.97 Å². The zero-order chi connectivity index (χ0) is 21.8. The summed E-state index contributed by atoms with van der Waals surface area (Å²) in [7, 11) is -3.65. The number of carbonyl (C=O) groups is 1. The Morgan fingerprint density at radius 2 is 1.81 bits per heavy atom. The zero-order valence-electron chi connectivity index (χ0n) is 16.9. The number of sulfone groups is 1. The first kappa shape index (κ1) is 21.1. The molecule has 0 N–H and O–H groups in total. The maximum atomic E-state index is 13.2. The number of pyridine rings is 1. The number of hydrogen-bond acceptors (Lipinski definition) is 6. The molecule has 0 atom stereocenters. The Kier molecular flexibility index (Phi) is 6.11. The van der Waals surface area contributed by atoms with Crippen molar-refractivity contribution in [3.05, 3.63) is 89.7 Å². The van der Waals surface area contributed by atoms with E-state index in [1.165, 1.54) is 16.2 Å². The van der Waals surface area contributed by atoms with Crippen molar-refractivity contribution in [1.82, 2.24) is 9.97 Å². The number of rotatable bonds is 7. The van der Waals surface area contributed by atoms with Gasteiger partial charge in [0.05, 0.1) is 28.2 Å². The molecule has 2 aromatic heterocycles. The maximum absolute atomic E-state index is 13.2. The predicted molar refractivity (Wildman–Crippen MR) is 124 cm³/mol. The fraction of sp³-hybridized carbons (Fsp3) is 0.174. The van der Waals surface area contributed by atoms with Gasteiger partial charge in [-0.2, -0.15) is 0 Å². The Labute approximate surface area is 185 Å². The number of aryl methyl sites for hydroxylation is 1. The SMILES string of the molecule is Cc1ccc2nc(N(Cc3ccccn3)C(=O)CS(=O)(=O)Cc3ccccc3)sc2c1. The van der Waals surface area contributed by atoms with Gasteiger partial charge in [0.1, 0.15) is 5.75 Å². The van der Waals surface area contributed by atoms with Gasteiger partial charge in [0.2, 0.25) is 5.91 Å². The lowest BCUT2D eigenvalue weighted by atomic mass is 10.2. The monoisotopic (exact) mass is 451 g/mol. The van der Waals surface area contributed by atoms with Crippen LogP contribution in [-0.2, 0) is 26.9 Å². The number of hydrogen-bond donors (Lipinski definition) is 0. The third kappa shape index (κ3) is 5.34. The molecule has 2 aromatic carbocycles. The second kappa shape index (κ2) is 8.95. The topological polar surface area (TPSA) is 80.2 Å². The third-order valence-corrected chi connectivity index (χ3v) is 7.18. The summed E-state index contributed by atoms with van der Waals surface area (Å²) in [5.74, 6) is -1.29. The van der Waals surface area contributed by atoms with Gasteiger partial charge in [0.15, 0.2) is 15.0 Å². The minimum Gasteiger partial charge on any atom is -0.281 e. The third-order valence-electron chi connectivity index (χ3n) is 4.68. The van der Waals surface area contributed by atoms with Crippen molar-refractivity contribution in [3.8, 4) is 0 Å². The molecule has 4 aromatic rings. The first-order chi connectivity index (χ1) is 14.9. The number of fused-ring (bicyclic) bond motifs is 1. The number of amides is 1. The smallest absolute Gasteiger partial charge is 0.244 e. The highest BCUT2D eigenvalue weighted by Gasteiger charge is 2.26. The molecule has 0 saturated carbocycles. The van der Waals surface area contributed by atoms with Crippen LogP contribution in [0.2, 0.25) is 0 Å². The van der Waals surface area contributed by atoms with Crippen molar-refractivity contribution in [2.45, 2.75) is 19.2 Å². The summed E-state index contributed by atoms with van der Waals surface area (Å²) >= 11 is 1.37. The quantitative estimate of drug-likeness (QED) is 0.422. The molecule has 6 nitrogen and oxygen atoms in total. The van der Waals surface area contributed by atoms with Crippen molar-refractivity contribution in [1.29, 1.82) is 0 Å². The number of carbonyl (C=O) groups excluding carboxylic acids is 1. The van der Waals surface area contributed by atoms with Crippen LogP contribution in [-0.4, -0.2) is 30.0 Å². The highest BCUT2D eigenvalue weighted by molar-refractivity contribution is 7.91. The minimum absolute atomic E-state index is 0.152. The van der Waals surface area contributed by atoms with Gasteiger partial charge in [0.25, 0.3) is 0 Å². The van der Waals surface area contributed by atoms with E-state index < -0.39 is 21.5 Å². The Balaban J connectivity index is 1.63. The summed E-state index contributed by atoms with van der Waals surface area (Å²) in [6, 6.07) is 20.2. The number of benzene rings is 2. The van der Waals surface area contributed by atoms with Crippen molar-refractivity contribution in [2.24, 2.45) is 0 Å². The van der Waals surface area contributed by atoms with Gasteiger partial charge in [-0.3, -0.25) is 14.7 Å². The van der Waals surface area contributed by atoms with Crippen molar-refractivity contribution in [2.75, 3.05) is 10.7 Å².